The number of halogens is 2. The van der Waals surface area contributed by atoms with Crippen molar-refractivity contribution in [2.24, 2.45) is 11.8 Å². The second-order valence-corrected chi connectivity index (χ2v) is 8.78. The highest BCUT2D eigenvalue weighted by Gasteiger charge is 2.38. The molecule has 0 bridgehead atoms. The maximum atomic E-state index is 4.80. The maximum absolute atomic E-state index is 4.80. The fourth-order valence-corrected chi connectivity index (χ4v) is 5.31. The van der Waals surface area contributed by atoms with Crippen LogP contribution in [0.15, 0.2) is 54.7 Å². The number of hydrogen-bond acceptors (Lipinski definition) is 3. The summed E-state index contributed by atoms with van der Waals surface area (Å²) in [6.45, 7) is 7.19. The van der Waals surface area contributed by atoms with Gasteiger partial charge in [-0.3, -0.25) is 9.88 Å². The summed E-state index contributed by atoms with van der Waals surface area (Å²) < 4.78 is 0. The molecule has 3 heterocycles. The van der Waals surface area contributed by atoms with Crippen LogP contribution in [0.1, 0.15) is 36.1 Å². The molecule has 0 radical (unpaired) electrons. The largest absolute Gasteiger partial charge is 0.303 e. The lowest BCUT2D eigenvalue weighted by molar-refractivity contribution is 0.315. The lowest BCUT2D eigenvalue weighted by Gasteiger charge is -2.18. The lowest BCUT2D eigenvalue weighted by Crippen LogP contribution is -2.22. The minimum atomic E-state index is 0. The van der Waals surface area contributed by atoms with E-state index in [1.165, 1.54) is 62.3 Å². The highest BCUT2D eigenvalue weighted by Crippen LogP contribution is 2.43. The molecule has 2 unspecified atom stereocenters. The van der Waals surface area contributed by atoms with E-state index >= 15 is 0 Å². The highest BCUT2D eigenvalue weighted by atomic mass is 35.5. The molecule has 162 valence electrons. The van der Waals surface area contributed by atoms with Crippen LogP contribution >= 0.6 is 24.8 Å². The van der Waals surface area contributed by atoms with Crippen LogP contribution in [0.3, 0.4) is 0 Å². The van der Waals surface area contributed by atoms with Crippen LogP contribution in [0.5, 0.6) is 0 Å². The van der Waals surface area contributed by atoms with Crippen molar-refractivity contribution in [2.75, 3.05) is 32.7 Å². The minimum Gasteiger partial charge on any atom is -0.303 e. The summed E-state index contributed by atoms with van der Waals surface area (Å²) in [6, 6.07) is 15.5. The Balaban J connectivity index is 0.00000128. The van der Waals surface area contributed by atoms with Crippen LogP contribution < -0.4 is 0 Å². The summed E-state index contributed by atoms with van der Waals surface area (Å²) in [5.74, 6) is 1.47. The molecule has 0 N–H and O–H groups in total. The van der Waals surface area contributed by atoms with E-state index in [1.54, 1.807) is 5.57 Å². The van der Waals surface area contributed by atoms with Gasteiger partial charge in [0, 0.05) is 50.4 Å². The molecule has 30 heavy (non-hydrogen) atoms. The van der Waals surface area contributed by atoms with Gasteiger partial charge in [0.2, 0.25) is 0 Å². The molecule has 3 nitrogen and oxygen atoms in total. The third kappa shape index (κ3) is 5.26. The molecule has 1 aromatic heterocycles. The normalized spacial score (nSPS) is 23.5. The van der Waals surface area contributed by atoms with Crippen LogP contribution in [0.2, 0.25) is 0 Å². The number of hydrogen-bond donors (Lipinski definition) is 0. The topological polar surface area (TPSA) is 19.4 Å². The van der Waals surface area contributed by atoms with Gasteiger partial charge < -0.3 is 4.90 Å². The fourth-order valence-electron chi connectivity index (χ4n) is 5.31. The molecular weight excluding hydrogens is 413 g/mol. The number of aromatic nitrogens is 1. The summed E-state index contributed by atoms with van der Waals surface area (Å²) in [4.78, 5) is 10.0. The molecule has 1 aromatic carbocycles. The van der Waals surface area contributed by atoms with Crippen molar-refractivity contribution in [1.29, 1.82) is 0 Å². The second-order valence-electron chi connectivity index (χ2n) is 8.78. The zero-order chi connectivity index (χ0) is 18.8. The Morgan fingerprint density at radius 2 is 1.70 bits per heavy atom. The van der Waals surface area contributed by atoms with Crippen LogP contribution in [0.4, 0.5) is 0 Å². The van der Waals surface area contributed by atoms with E-state index in [0.717, 1.165) is 25.4 Å². The second kappa shape index (κ2) is 10.8. The molecule has 1 aliphatic carbocycles. The Hall–Kier alpha value is -1.39. The molecule has 0 spiro atoms. The van der Waals surface area contributed by atoms with Crippen LogP contribution in [-0.4, -0.2) is 47.5 Å². The number of likely N-dealkylation sites (tertiary alicyclic amines) is 2. The average Bonchev–Trinajstić information content (AvgIpc) is 3.45. The molecule has 0 amide bonds. The van der Waals surface area contributed by atoms with Crippen molar-refractivity contribution < 1.29 is 0 Å². The molecule has 2 atom stereocenters. The summed E-state index contributed by atoms with van der Waals surface area (Å²) in [7, 11) is 0. The number of benzene rings is 1. The average molecular weight is 446 g/mol. The Morgan fingerprint density at radius 1 is 0.900 bits per heavy atom. The molecule has 0 saturated carbocycles. The molecule has 2 aliphatic heterocycles. The van der Waals surface area contributed by atoms with Crippen molar-refractivity contribution in [1.82, 2.24) is 14.8 Å². The molecular formula is C25H33Cl2N3. The van der Waals surface area contributed by atoms with Crippen molar-refractivity contribution >= 4 is 30.4 Å². The van der Waals surface area contributed by atoms with Crippen molar-refractivity contribution in [3.05, 3.63) is 71.6 Å². The highest BCUT2D eigenvalue weighted by molar-refractivity contribution is 5.85. The van der Waals surface area contributed by atoms with Gasteiger partial charge >= 0.3 is 0 Å². The number of allylic oxidation sites excluding steroid dienone is 1. The van der Waals surface area contributed by atoms with Crippen LogP contribution in [0.25, 0.3) is 5.57 Å². The van der Waals surface area contributed by atoms with Gasteiger partial charge in [-0.25, -0.2) is 0 Å². The maximum Gasteiger partial charge on any atom is 0.0416 e. The van der Waals surface area contributed by atoms with Crippen molar-refractivity contribution in [2.45, 2.75) is 32.2 Å². The van der Waals surface area contributed by atoms with Gasteiger partial charge in [0.15, 0.2) is 0 Å². The van der Waals surface area contributed by atoms with Gasteiger partial charge in [0.25, 0.3) is 0 Å². The van der Waals surface area contributed by atoms with Gasteiger partial charge in [-0.05, 0) is 61.0 Å². The molecule has 2 aromatic rings. The quantitative estimate of drug-likeness (QED) is 0.616. The number of nitrogens with zero attached hydrogens (tertiary/aromatic N) is 3. The number of pyridine rings is 1. The Morgan fingerprint density at radius 3 is 2.43 bits per heavy atom. The minimum absolute atomic E-state index is 0. The summed E-state index contributed by atoms with van der Waals surface area (Å²) in [6.07, 6.45) is 9.65. The predicted octanol–water partition coefficient (Wildman–Crippen LogP) is 5.10. The first-order valence-electron chi connectivity index (χ1n) is 11.0. The number of rotatable bonds is 6. The smallest absolute Gasteiger partial charge is 0.0416 e. The fraction of sp³-hybridized carbons (Fsp3) is 0.480. The zero-order valence-electron chi connectivity index (χ0n) is 17.6. The zero-order valence-corrected chi connectivity index (χ0v) is 19.2. The van der Waals surface area contributed by atoms with Gasteiger partial charge in [0.05, 0.1) is 0 Å². The first-order valence-corrected chi connectivity index (χ1v) is 11.0. The summed E-state index contributed by atoms with van der Waals surface area (Å²) in [5.41, 5.74) is 5.55. The molecule has 5 heteroatoms. The Kier molecular flexibility index (Phi) is 8.35. The van der Waals surface area contributed by atoms with E-state index in [0.29, 0.717) is 5.92 Å². The van der Waals surface area contributed by atoms with E-state index in [-0.39, 0.29) is 24.8 Å². The molecule has 3 aliphatic rings. The lowest BCUT2D eigenvalue weighted by atomic mass is 9.91. The standard InChI is InChI=1S/C25H31N3.2ClH/c1-2-6-20(7-3-1)17-28-18-22-9-11-24(25(22)19-28)21-8-10-23(26-16-21)12-15-27-13-4-5-14-27;;/h1-3,6-8,10-11,16,22,25H,4-5,9,12-15,17-19H2;2*1H. The van der Waals surface area contributed by atoms with Crippen molar-refractivity contribution in [3.63, 3.8) is 0 Å². The van der Waals surface area contributed by atoms with Gasteiger partial charge in [-0.1, -0.05) is 42.5 Å². The van der Waals surface area contributed by atoms with E-state index in [1.807, 2.05) is 0 Å². The Bertz CT molecular complexity index is 816. The Labute approximate surface area is 193 Å². The van der Waals surface area contributed by atoms with E-state index < -0.39 is 0 Å². The van der Waals surface area contributed by atoms with E-state index in [9.17, 15) is 0 Å². The van der Waals surface area contributed by atoms with Crippen molar-refractivity contribution in [3.8, 4) is 0 Å². The molecule has 2 saturated heterocycles. The van der Waals surface area contributed by atoms with E-state index in [2.05, 4.69) is 64.5 Å². The first-order chi connectivity index (χ1) is 13.8. The molecule has 2 fully saturated rings. The first kappa shape index (κ1) is 23.3. The monoisotopic (exact) mass is 445 g/mol. The van der Waals surface area contributed by atoms with E-state index in [4.69, 9.17) is 4.98 Å². The van der Waals surface area contributed by atoms with Gasteiger partial charge in [-0.15, -0.1) is 24.8 Å². The molecule has 5 rings (SSSR count). The van der Waals surface area contributed by atoms with Gasteiger partial charge in [0.1, 0.15) is 0 Å². The van der Waals surface area contributed by atoms with Gasteiger partial charge in [-0.2, -0.15) is 0 Å². The third-order valence-corrected chi connectivity index (χ3v) is 6.85. The number of fused-ring (bicyclic) bond motifs is 1. The van der Waals surface area contributed by atoms with Crippen LogP contribution in [0, 0.1) is 11.8 Å². The van der Waals surface area contributed by atoms with Crippen LogP contribution in [-0.2, 0) is 13.0 Å². The summed E-state index contributed by atoms with van der Waals surface area (Å²) >= 11 is 0. The third-order valence-electron chi connectivity index (χ3n) is 6.85. The predicted molar refractivity (Wildman–Crippen MR) is 129 cm³/mol. The summed E-state index contributed by atoms with van der Waals surface area (Å²) in [5, 5.41) is 0. The SMILES string of the molecule is C1=C(c2ccc(CCN3CCCC3)nc2)C2CN(Cc3ccccc3)CC2C1.Cl.Cl.